The third kappa shape index (κ3) is 3.34. The van der Waals surface area contributed by atoms with Crippen LogP contribution in [0.1, 0.15) is 18.1 Å². The monoisotopic (exact) mass is 403 g/mol. The fraction of sp³-hybridized carbons (Fsp3) is 0.211. The molecule has 8 nitrogen and oxygen atoms in total. The second kappa shape index (κ2) is 7.40. The Morgan fingerprint density at radius 2 is 1.86 bits per heavy atom. The topological polar surface area (TPSA) is 100 Å². The number of hydrogen-bond donors (Lipinski definition) is 2. The molecule has 146 valence electrons. The molecule has 0 aliphatic carbocycles. The Hall–Kier alpha value is -3.26. The van der Waals surface area contributed by atoms with Gasteiger partial charge < -0.3 is 19.9 Å². The third-order valence-corrected chi connectivity index (χ3v) is 4.72. The van der Waals surface area contributed by atoms with Crippen molar-refractivity contribution in [2.75, 3.05) is 14.2 Å². The first-order valence-electron chi connectivity index (χ1n) is 8.22. The summed E-state index contributed by atoms with van der Waals surface area (Å²) in [6.07, 6.45) is 1.28. The number of phenols is 1. The van der Waals surface area contributed by atoms with Gasteiger partial charge in [-0.25, -0.2) is 4.79 Å². The van der Waals surface area contributed by atoms with Crippen molar-refractivity contribution in [2.45, 2.75) is 12.5 Å². The molecule has 1 saturated heterocycles. The average Bonchev–Trinajstić information content (AvgIpc) is 2.92. The molecule has 2 aromatic carbocycles. The van der Waals surface area contributed by atoms with Crippen molar-refractivity contribution in [3.63, 3.8) is 0 Å². The number of nitrogens with zero attached hydrogens (tertiary/aromatic N) is 2. The summed E-state index contributed by atoms with van der Waals surface area (Å²) in [5, 5.41) is 17.2. The second-order valence-corrected chi connectivity index (χ2v) is 6.61. The number of amides is 3. The Balaban J connectivity index is 1.87. The maximum atomic E-state index is 12.9. The van der Waals surface area contributed by atoms with Crippen LogP contribution < -0.4 is 14.8 Å². The fourth-order valence-corrected chi connectivity index (χ4v) is 3.02. The van der Waals surface area contributed by atoms with Crippen LogP contribution in [0.15, 0.2) is 41.5 Å². The van der Waals surface area contributed by atoms with E-state index in [2.05, 4.69) is 10.4 Å². The van der Waals surface area contributed by atoms with Crippen molar-refractivity contribution in [3.05, 3.63) is 52.5 Å². The van der Waals surface area contributed by atoms with E-state index in [0.29, 0.717) is 16.9 Å². The SMILES string of the molecule is COc1ccc([C@@]2(C)NC(=O)N(/N=C/c3cc(Cl)c(O)c(OC)c3)C2=O)cc1. The van der Waals surface area contributed by atoms with Crippen molar-refractivity contribution >= 4 is 29.8 Å². The quantitative estimate of drug-likeness (QED) is 0.590. The molecule has 9 heteroatoms. The standard InChI is InChI=1S/C19H18ClN3O5/c1-19(12-4-6-13(27-2)7-5-12)17(25)23(18(26)22-19)21-10-11-8-14(20)16(24)15(9-11)28-3/h4-10,24H,1-3H3,(H,22,26)/b21-10+/t19-/m1/s1. The van der Waals surface area contributed by atoms with Crippen molar-refractivity contribution in [3.8, 4) is 17.2 Å². The summed E-state index contributed by atoms with van der Waals surface area (Å²) in [7, 11) is 2.92. The molecule has 0 spiro atoms. The van der Waals surface area contributed by atoms with Gasteiger partial charge in [-0.05, 0) is 42.3 Å². The lowest BCUT2D eigenvalue weighted by molar-refractivity contribution is -0.131. The van der Waals surface area contributed by atoms with Crippen LogP contribution in [-0.4, -0.2) is 42.5 Å². The molecular weight excluding hydrogens is 386 g/mol. The third-order valence-electron chi connectivity index (χ3n) is 4.43. The number of carbonyl (C=O) groups excluding carboxylic acids is 2. The highest BCUT2D eigenvalue weighted by molar-refractivity contribution is 6.32. The molecule has 0 unspecified atom stereocenters. The number of ether oxygens (including phenoxy) is 2. The highest BCUT2D eigenvalue weighted by atomic mass is 35.5. The zero-order valence-electron chi connectivity index (χ0n) is 15.4. The minimum atomic E-state index is -1.26. The molecule has 3 amide bonds. The van der Waals surface area contributed by atoms with Gasteiger partial charge in [-0.15, -0.1) is 5.01 Å². The minimum Gasteiger partial charge on any atom is -0.503 e. The summed E-state index contributed by atoms with van der Waals surface area (Å²) < 4.78 is 10.1. The van der Waals surface area contributed by atoms with Crippen molar-refractivity contribution in [2.24, 2.45) is 5.10 Å². The van der Waals surface area contributed by atoms with E-state index in [4.69, 9.17) is 21.1 Å². The molecule has 1 heterocycles. The van der Waals surface area contributed by atoms with Gasteiger partial charge in [0.1, 0.15) is 11.3 Å². The molecular formula is C19H18ClN3O5. The number of nitrogens with one attached hydrogen (secondary N) is 1. The van der Waals surface area contributed by atoms with Gasteiger partial charge in [0.05, 0.1) is 25.5 Å². The van der Waals surface area contributed by atoms with E-state index in [1.165, 1.54) is 25.5 Å². The van der Waals surface area contributed by atoms with E-state index in [1.807, 2.05) is 0 Å². The molecule has 28 heavy (non-hydrogen) atoms. The van der Waals surface area contributed by atoms with E-state index >= 15 is 0 Å². The smallest absolute Gasteiger partial charge is 0.346 e. The summed E-state index contributed by atoms with van der Waals surface area (Å²) in [5.41, 5.74) is -0.220. The van der Waals surface area contributed by atoms with Gasteiger partial charge in [-0.3, -0.25) is 4.79 Å². The van der Waals surface area contributed by atoms with Crippen LogP contribution in [0.4, 0.5) is 4.79 Å². The highest BCUT2D eigenvalue weighted by Crippen LogP contribution is 2.35. The van der Waals surface area contributed by atoms with Crippen molar-refractivity contribution in [1.82, 2.24) is 10.3 Å². The second-order valence-electron chi connectivity index (χ2n) is 6.20. The van der Waals surface area contributed by atoms with Gasteiger partial charge in [0.25, 0.3) is 5.91 Å². The van der Waals surface area contributed by atoms with Crippen LogP contribution in [0.3, 0.4) is 0 Å². The number of phenolic OH excluding ortho intramolecular Hbond substituents is 1. The van der Waals surface area contributed by atoms with Gasteiger partial charge in [0.2, 0.25) is 0 Å². The first-order valence-corrected chi connectivity index (χ1v) is 8.59. The van der Waals surface area contributed by atoms with Gasteiger partial charge in [0, 0.05) is 0 Å². The Morgan fingerprint density at radius 3 is 2.46 bits per heavy atom. The molecule has 0 radical (unpaired) electrons. The minimum absolute atomic E-state index is 0.0565. The zero-order valence-corrected chi connectivity index (χ0v) is 16.1. The number of aromatic hydroxyl groups is 1. The molecule has 1 aliphatic rings. The molecule has 1 atom stereocenters. The Labute approximate surface area is 166 Å². The lowest BCUT2D eigenvalue weighted by Gasteiger charge is -2.21. The van der Waals surface area contributed by atoms with Crippen LogP contribution in [0.5, 0.6) is 17.2 Å². The summed E-state index contributed by atoms with van der Waals surface area (Å²) in [6.45, 7) is 1.60. The lowest BCUT2D eigenvalue weighted by atomic mass is 9.92. The average molecular weight is 404 g/mol. The van der Waals surface area contributed by atoms with Crippen molar-refractivity contribution in [1.29, 1.82) is 0 Å². The van der Waals surface area contributed by atoms with E-state index in [0.717, 1.165) is 5.01 Å². The first kappa shape index (κ1) is 19.5. The fourth-order valence-electron chi connectivity index (χ4n) is 2.80. The molecule has 0 aromatic heterocycles. The molecule has 1 fully saturated rings. The van der Waals surface area contributed by atoms with Crippen LogP contribution in [-0.2, 0) is 10.3 Å². The van der Waals surface area contributed by atoms with Crippen LogP contribution >= 0.6 is 11.6 Å². The zero-order chi connectivity index (χ0) is 20.5. The molecule has 0 saturated carbocycles. The number of urea groups is 1. The van der Waals surface area contributed by atoms with Crippen LogP contribution in [0, 0.1) is 0 Å². The first-order chi connectivity index (χ1) is 13.3. The largest absolute Gasteiger partial charge is 0.503 e. The number of methoxy groups -OCH3 is 2. The number of carbonyl (C=O) groups is 2. The van der Waals surface area contributed by atoms with Gasteiger partial charge in [-0.1, -0.05) is 23.7 Å². The molecule has 2 N–H and O–H groups in total. The summed E-state index contributed by atoms with van der Waals surface area (Å²) in [4.78, 5) is 25.2. The predicted octanol–water partition coefficient (Wildman–Crippen LogP) is 2.86. The number of rotatable bonds is 5. The summed E-state index contributed by atoms with van der Waals surface area (Å²) >= 11 is 5.94. The Morgan fingerprint density at radius 1 is 1.18 bits per heavy atom. The van der Waals surface area contributed by atoms with E-state index < -0.39 is 17.5 Å². The van der Waals surface area contributed by atoms with Gasteiger partial charge >= 0.3 is 6.03 Å². The summed E-state index contributed by atoms with van der Waals surface area (Å²) in [5.74, 6) is 0.0468. The van der Waals surface area contributed by atoms with Crippen LogP contribution in [0.2, 0.25) is 5.02 Å². The maximum absolute atomic E-state index is 12.9. The van der Waals surface area contributed by atoms with Gasteiger partial charge in [-0.2, -0.15) is 5.10 Å². The number of hydrazone groups is 1. The molecule has 0 bridgehead atoms. The van der Waals surface area contributed by atoms with E-state index in [9.17, 15) is 14.7 Å². The number of benzene rings is 2. The lowest BCUT2D eigenvalue weighted by Crippen LogP contribution is -2.40. The number of imide groups is 1. The molecule has 2 aromatic rings. The van der Waals surface area contributed by atoms with Gasteiger partial charge in [0.15, 0.2) is 11.5 Å². The predicted molar refractivity (Wildman–Crippen MR) is 103 cm³/mol. The molecule has 1 aliphatic heterocycles. The molecule has 3 rings (SSSR count). The Kier molecular flexibility index (Phi) is 5.15. The van der Waals surface area contributed by atoms with E-state index in [-0.39, 0.29) is 16.5 Å². The van der Waals surface area contributed by atoms with E-state index in [1.54, 1.807) is 38.3 Å². The maximum Gasteiger partial charge on any atom is 0.346 e. The number of hydrogen-bond acceptors (Lipinski definition) is 6. The Bertz CT molecular complexity index is 961. The highest BCUT2D eigenvalue weighted by Gasteiger charge is 2.49. The number of halogens is 1. The normalized spacial score (nSPS) is 19.2. The summed E-state index contributed by atoms with van der Waals surface area (Å²) in [6, 6.07) is 9.07. The van der Waals surface area contributed by atoms with Crippen molar-refractivity contribution < 1.29 is 24.2 Å². The van der Waals surface area contributed by atoms with Crippen LogP contribution in [0.25, 0.3) is 0 Å².